The van der Waals surface area contributed by atoms with E-state index in [-0.39, 0.29) is 29.5 Å². The van der Waals surface area contributed by atoms with E-state index in [0.717, 1.165) is 0 Å². The van der Waals surface area contributed by atoms with E-state index in [1.165, 1.54) is 16.4 Å². The van der Waals surface area contributed by atoms with E-state index in [1.807, 2.05) is 0 Å². The zero-order chi connectivity index (χ0) is 12.4. The zero-order valence-electron chi connectivity index (χ0n) is 8.81. The number of pyridine rings is 1. The molecule has 2 heterocycles. The molecule has 17 heavy (non-hydrogen) atoms. The van der Waals surface area contributed by atoms with Gasteiger partial charge in [0.1, 0.15) is 0 Å². The summed E-state index contributed by atoms with van der Waals surface area (Å²) >= 11 is 6.07. The highest BCUT2D eigenvalue weighted by Crippen LogP contribution is 2.29. The smallest absolute Gasteiger partial charge is 0.341 e. The SMILES string of the molecule is CCOC(=O)c1cnc2c(ccn2SF)c1Cl. The number of hydrogen-bond donors (Lipinski definition) is 0. The van der Waals surface area contributed by atoms with Crippen molar-refractivity contribution >= 4 is 40.9 Å². The average Bonchev–Trinajstić information content (AvgIpc) is 2.73. The molecule has 0 aromatic carbocycles. The fourth-order valence-corrected chi connectivity index (χ4v) is 2.03. The molecule has 0 aliphatic rings. The molecule has 0 unspecified atom stereocenters. The Hall–Kier alpha value is -1.27. The summed E-state index contributed by atoms with van der Waals surface area (Å²) in [6, 6.07) is 1.60. The number of hydrogen-bond acceptors (Lipinski definition) is 4. The lowest BCUT2D eigenvalue weighted by Gasteiger charge is -2.04. The van der Waals surface area contributed by atoms with Crippen molar-refractivity contribution in [3.05, 3.63) is 29.0 Å². The fourth-order valence-electron chi connectivity index (χ4n) is 1.44. The molecule has 0 aliphatic heterocycles. The van der Waals surface area contributed by atoms with Gasteiger partial charge in [-0.25, -0.2) is 13.8 Å². The van der Waals surface area contributed by atoms with E-state index < -0.39 is 5.97 Å². The maximum absolute atomic E-state index is 12.5. The van der Waals surface area contributed by atoms with E-state index in [2.05, 4.69) is 4.98 Å². The Balaban J connectivity index is 2.54. The first-order chi connectivity index (χ1) is 8.19. The topological polar surface area (TPSA) is 44.1 Å². The summed E-state index contributed by atoms with van der Waals surface area (Å²) in [4.78, 5) is 15.5. The molecule has 0 N–H and O–H groups in total. The van der Waals surface area contributed by atoms with Gasteiger partial charge in [0.05, 0.1) is 17.2 Å². The van der Waals surface area contributed by atoms with Crippen LogP contribution in [0.1, 0.15) is 17.3 Å². The Labute approximate surface area is 106 Å². The molecule has 2 rings (SSSR count). The minimum Gasteiger partial charge on any atom is -0.462 e. The van der Waals surface area contributed by atoms with Gasteiger partial charge in [-0.05, 0) is 13.0 Å². The van der Waals surface area contributed by atoms with Crippen LogP contribution in [0.15, 0.2) is 18.5 Å². The van der Waals surface area contributed by atoms with Crippen molar-refractivity contribution in [3.63, 3.8) is 0 Å². The first-order valence-electron chi connectivity index (χ1n) is 4.80. The Morgan fingerprint density at radius 3 is 3.12 bits per heavy atom. The second-order valence-corrected chi connectivity index (χ2v) is 4.06. The molecule has 0 saturated carbocycles. The molecule has 0 radical (unpaired) electrons. The van der Waals surface area contributed by atoms with Crippen LogP contribution in [0.5, 0.6) is 0 Å². The van der Waals surface area contributed by atoms with Crippen molar-refractivity contribution in [2.75, 3.05) is 6.61 Å². The predicted octanol–water partition coefficient (Wildman–Crippen LogP) is 3.25. The molecule has 2 aromatic heterocycles. The molecule has 0 spiro atoms. The van der Waals surface area contributed by atoms with E-state index in [9.17, 15) is 8.68 Å². The van der Waals surface area contributed by atoms with Crippen LogP contribution < -0.4 is 0 Å². The third-order valence-corrected chi connectivity index (χ3v) is 3.04. The van der Waals surface area contributed by atoms with Crippen molar-refractivity contribution < 1.29 is 13.4 Å². The van der Waals surface area contributed by atoms with Crippen molar-refractivity contribution in [1.29, 1.82) is 0 Å². The van der Waals surface area contributed by atoms with E-state index in [0.29, 0.717) is 11.0 Å². The highest BCUT2D eigenvalue weighted by atomic mass is 35.5. The maximum Gasteiger partial charge on any atom is 0.341 e. The lowest BCUT2D eigenvalue weighted by Crippen LogP contribution is -2.06. The fraction of sp³-hybridized carbons (Fsp3) is 0.200. The first kappa shape index (κ1) is 12.2. The number of carbonyl (C=O) groups excluding carboxylic acids is 1. The van der Waals surface area contributed by atoms with Crippen LogP contribution >= 0.6 is 23.9 Å². The third kappa shape index (κ3) is 2.10. The number of carbonyl (C=O) groups is 1. The van der Waals surface area contributed by atoms with Crippen molar-refractivity contribution in [3.8, 4) is 0 Å². The van der Waals surface area contributed by atoms with Crippen LogP contribution in [0.2, 0.25) is 5.02 Å². The highest BCUT2D eigenvalue weighted by Gasteiger charge is 2.17. The number of rotatable bonds is 3. The summed E-state index contributed by atoms with van der Waals surface area (Å²) in [5.41, 5.74) is 0.554. The van der Waals surface area contributed by atoms with Crippen LogP contribution in [0.3, 0.4) is 0 Å². The minimum atomic E-state index is -0.535. The quantitative estimate of drug-likeness (QED) is 0.806. The summed E-state index contributed by atoms with van der Waals surface area (Å²) in [7, 11) is 0. The molecule has 90 valence electrons. The Morgan fingerprint density at radius 2 is 2.47 bits per heavy atom. The summed E-state index contributed by atoms with van der Waals surface area (Å²) < 4.78 is 18.6. The molecule has 0 bridgehead atoms. The molecule has 0 fully saturated rings. The normalized spacial score (nSPS) is 10.8. The molecule has 0 atom stereocenters. The number of aromatic nitrogens is 2. The van der Waals surface area contributed by atoms with Crippen LogP contribution in [-0.2, 0) is 4.74 Å². The molecule has 2 aromatic rings. The number of esters is 1. The van der Waals surface area contributed by atoms with Gasteiger partial charge < -0.3 is 4.74 Å². The van der Waals surface area contributed by atoms with Gasteiger partial charge in [-0.3, -0.25) is 0 Å². The van der Waals surface area contributed by atoms with Gasteiger partial charge in [-0.2, -0.15) is 0 Å². The monoisotopic (exact) mass is 274 g/mol. The number of halogens is 2. The summed E-state index contributed by atoms with van der Waals surface area (Å²) in [6.45, 7) is 1.96. The minimum absolute atomic E-state index is 0.0175. The lowest BCUT2D eigenvalue weighted by molar-refractivity contribution is 0.0526. The molecule has 7 heteroatoms. The van der Waals surface area contributed by atoms with Crippen LogP contribution in [-0.4, -0.2) is 21.5 Å². The van der Waals surface area contributed by atoms with Gasteiger partial charge in [0.25, 0.3) is 0 Å². The molecule has 4 nitrogen and oxygen atoms in total. The van der Waals surface area contributed by atoms with Gasteiger partial charge in [-0.15, -0.1) is 3.89 Å². The van der Waals surface area contributed by atoms with E-state index in [4.69, 9.17) is 16.3 Å². The summed E-state index contributed by atoms with van der Waals surface area (Å²) in [5, 5.41) is 0.739. The average molecular weight is 275 g/mol. The van der Waals surface area contributed by atoms with E-state index in [1.54, 1.807) is 13.0 Å². The summed E-state index contributed by atoms with van der Waals surface area (Å²) in [5.74, 6) is -0.535. The van der Waals surface area contributed by atoms with Gasteiger partial charge in [-0.1, -0.05) is 11.6 Å². The number of ether oxygens (including phenoxy) is 1. The lowest BCUT2D eigenvalue weighted by atomic mass is 10.2. The highest BCUT2D eigenvalue weighted by molar-refractivity contribution is 7.92. The predicted molar refractivity (Wildman–Crippen MR) is 64.8 cm³/mol. The first-order valence-corrected chi connectivity index (χ1v) is 5.86. The number of nitrogens with zero attached hydrogens (tertiary/aromatic N) is 2. The van der Waals surface area contributed by atoms with Gasteiger partial charge in [0.15, 0.2) is 18.0 Å². The van der Waals surface area contributed by atoms with Gasteiger partial charge >= 0.3 is 5.97 Å². The Bertz CT molecular complexity index is 573. The molecular formula is C10H8ClFN2O2S. The van der Waals surface area contributed by atoms with Crippen LogP contribution in [0, 0.1) is 0 Å². The third-order valence-electron chi connectivity index (χ3n) is 2.18. The molecule has 0 aliphatic carbocycles. The molecule has 0 amide bonds. The molecular weight excluding hydrogens is 267 g/mol. The number of fused-ring (bicyclic) bond motifs is 1. The second-order valence-electron chi connectivity index (χ2n) is 3.15. The summed E-state index contributed by atoms with van der Waals surface area (Å²) in [6.07, 6.45) is 2.78. The zero-order valence-corrected chi connectivity index (χ0v) is 10.4. The Morgan fingerprint density at radius 1 is 1.71 bits per heavy atom. The maximum atomic E-state index is 12.5. The van der Waals surface area contributed by atoms with Crippen molar-refractivity contribution in [2.45, 2.75) is 6.92 Å². The van der Waals surface area contributed by atoms with Gasteiger partial charge in [0.2, 0.25) is 0 Å². The van der Waals surface area contributed by atoms with Crippen molar-refractivity contribution in [2.24, 2.45) is 0 Å². The van der Waals surface area contributed by atoms with Crippen LogP contribution in [0.4, 0.5) is 3.89 Å². The largest absolute Gasteiger partial charge is 0.462 e. The standard InChI is InChI=1S/C10H8ClFN2O2S/c1-2-16-10(15)7-5-13-9-6(8(7)11)3-4-14(9)17-12/h3-5H,2H2,1H3. The van der Waals surface area contributed by atoms with Gasteiger partial charge in [0, 0.05) is 17.8 Å². The Kier molecular flexibility index (Phi) is 3.54. The second kappa shape index (κ2) is 4.93. The van der Waals surface area contributed by atoms with Crippen molar-refractivity contribution in [1.82, 2.24) is 8.96 Å². The molecule has 0 saturated heterocycles. The van der Waals surface area contributed by atoms with Crippen LogP contribution in [0.25, 0.3) is 11.0 Å². The van der Waals surface area contributed by atoms with E-state index >= 15 is 0 Å².